The molecule has 0 fully saturated rings. The van der Waals surface area contributed by atoms with E-state index in [1.54, 1.807) is 13.4 Å². The van der Waals surface area contributed by atoms with Gasteiger partial charge < -0.3 is 13.9 Å². The average molecular weight is 302 g/mol. The van der Waals surface area contributed by atoms with Gasteiger partial charge in [-0.2, -0.15) is 0 Å². The highest BCUT2D eigenvalue weighted by Crippen LogP contribution is 2.50. The number of benzene rings is 1. The minimum absolute atomic E-state index is 0.305. The molecule has 0 saturated carbocycles. The van der Waals surface area contributed by atoms with E-state index in [2.05, 4.69) is 13.8 Å². The van der Waals surface area contributed by atoms with Gasteiger partial charge in [-0.1, -0.05) is 13.8 Å². The quantitative estimate of drug-likeness (QED) is 0.611. The lowest BCUT2D eigenvalue weighted by Gasteiger charge is -2.30. The van der Waals surface area contributed by atoms with Gasteiger partial charge in [0.25, 0.3) is 0 Å². The largest absolute Gasteiger partial charge is 0.493 e. The Bertz CT molecular complexity index is 741. The Morgan fingerprint density at radius 1 is 1.32 bits per heavy atom. The molecule has 0 bridgehead atoms. The molecule has 0 aliphatic heterocycles. The zero-order valence-electron chi connectivity index (χ0n) is 13.8. The van der Waals surface area contributed by atoms with Gasteiger partial charge in [0.05, 0.1) is 18.8 Å². The molecule has 1 aromatic carbocycles. The van der Waals surface area contributed by atoms with E-state index in [1.165, 1.54) is 6.92 Å². The van der Waals surface area contributed by atoms with E-state index in [-0.39, 0.29) is 5.97 Å². The molecule has 2 aromatic rings. The van der Waals surface area contributed by atoms with E-state index in [1.807, 2.05) is 6.92 Å². The second kappa shape index (κ2) is 5.34. The van der Waals surface area contributed by atoms with Crippen molar-refractivity contribution >= 4 is 16.9 Å². The van der Waals surface area contributed by atoms with Gasteiger partial charge >= 0.3 is 5.97 Å². The van der Waals surface area contributed by atoms with Gasteiger partial charge in [-0.25, -0.2) is 0 Å². The number of esters is 1. The van der Waals surface area contributed by atoms with Crippen LogP contribution in [0.2, 0.25) is 0 Å². The Morgan fingerprint density at radius 3 is 2.68 bits per heavy atom. The maximum absolute atomic E-state index is 11.6. The van der Waals surface area contributed by atoms with Crippen LogP contribution >= 0.6 is 0 Å². The van der Waals surface area contributed by atoms with Crippen LogP contribution in [0.3, 0.4) is 0 Å². The van der Waals surface area contributed by atoms with Crippen molar-refractivity contribution in [2.45, 2.75) is 46.5 Å². The van der Waals surface area contributed by atoms with Crippen LogP contribution in [0.1, 0.15) is 49.8 Å². The van der Waals surface area contributed by atoms with Crippen molar-refractivity contribution in [2.75, 3.05) is 7.11 Å². The predicted octanol–water partition coefficient (Wildman–Crippen LogP) is 4.36. The first-order valence-corrected chi connectivity index (χ1v) is 7.72. The number of rotatable bonds is 2. The van der Waals surface area contributed by atoms with Gasteiger partial charge in [0.1, 0.15) is 5.75 Å². The van der Waals surface area contributed by atoms with E-state index in [4.69, 9.17) is 13.9 Å². The van der Waals surface area contributed by atoms with Crippen LogP contribution in [0.5, 0.6) is 11.5 Å². The summed E-state index contributed by atoms with van der Waals surface area (Å²) in [4.78, 5) is 11.6. The second-order valence-electron chi connectivity index (χ2n) is 6.42. The molecule has 0 N–H and O–H groups in total. The van der Waals surface area contributed by atoms with Crippen molar-refractivity contribution in [3.63, 3.8) is 0 Å². The van der Waals surface area contributed by atoms with Gasteiger partial charge in [0.2, 0.25) is 0 Å². The van der Waals surface area contributed by atoms with Crippen LogP contribution in [-0.4, -0.2) is 13.1 Å². The van der Waals surface area contributed by atoms with Crippen molar-refractivity contribution in [3.8, 4) is 11.5 Å². The first-order valence-electron chi connectivity index (χ1n) is 7.72. The molecular weight excluding hydrogens is 280 g/mol. The number of ether oxygens (including phenoxy) is 2. The summed E-state index contributed by atoms with van der Waals surface area (Å²) in [6, 6.07) is 0. The summed E-state index contributed by atoms with van der Waals surface area (Å²) in [7, 11) is 1.67. The lowest BCUT2D eigenvalue weighted by atomic mass is 9.77. The van der Waals surface area contributed by atoms with Crippen LogP contribution in [0, 0.1) is 12.8 Å². The first kappa shape index (κ1) is 14.9. The highest BCUT2D eigenvalue weighted by Gasteiger charge is 2.32. The van der Waals surface area contributed by atoms with Gasteiger partial charge in [-0.05, 0) is 37.2 Å². The van der Waals surface area contributed by atoms with Crippen LogP contribution in [-0.2, 0) is 11.2 Å². The number of furan rings is 1. The fraction of sp³-hybridized carbons (Fsp3) is 0.500. The number of fused-ring (bicyclic) bond motifs is 2. The third kappa shape index (κ3) is 2.18. The van der Waals surface area contributed by atoms with Crippen molar-refractivity contribution in [2.24, 2.45) is 5.92 Å². The number of hydrogen-bond acceptors (Lipinski definition) is 4. The van der Waals surface area contributed by atoms with Gasteiger partial charge in [0.15, 0.2) is 11.3 Å². The van der Waals surface area contributed by atoms with E-state index in [9.17, 15) is 4.79 Å². The molecule has 118 valence electrons. The number of carbonyl (C=O) groups excluding carboxylic acids is 1. The van der Waals surface area contributed by atoms with E-state index in [0.717, 1.165) is 40.7 Å². The number of aryl methyl sites for hydroxylation is 1. The molecule has 0 spiro atoms. The molecule has 1 heterocycles. The van der Waals surface area contributed by atoms with E-state index >= 15 is 0 Å². The van der Waals surface area contributed by atoms with Gasteiger partial charge in [-0.3, -0.25) is 4.79 Å². The summed E-state index contributed by atoms with van der Waals surface area (Å²) < 4.78 is 17.0. The second-order valence-corrected chi connectivity index (χ2v) is 6.42. The minimum Gasteiger partial charge on any atom is -0.493 e. The van der Waals surface area contributed by atoms with E-state index in [0.29, 0.717) is 23.2 Å². The number of hydrogen-bond donors (Lipinski definition) is 0. The zero-order valence-corrected chi connectivity index (χ0v) is 13.8. The molecule has 1 aliphatic carbocycles. The van der Waals surface area contributed by atoms with Crippen LogP contribution in [0.4, 0.5) is 0 Å². The van der Waals surface area contributed by atoms with Crippen LogP contribution < -0.4 is 9.47 Å². The zero-order chi connectivity index (χ0) is 16.0. The third-order valence-electron chi connectivity index (χ3n) is 4.50. The number of carbonyl (C=O) groups is 1. The molecule has 1 aromatic heterocycles. The molecule has 2 unspecified atom stereocenters. The SMILES string of the molecule is COc1c2c(c(OC(C)=O)c3c(C)coc13)C(C)CC(C)C2. The summed E-state index contributed by atoms with van der Waals surface area (Å²) in [5.41, 5.74) is 3.85. The molecule has 3 rings (SSSR count). The van der Waals surface area contributed by atoms with Crippen LogP contribution in [0.15, 0.2) is 10.7 Å². The fourth-order valence-corrected chi connectivity index (χ4v) is 3.77. The Kier molecular flexibility index (Phi) is 3.63. The van der Waals surface area contributed by atoms with Crippen molar-refractivity contribution < 1.29 is 18.7 Å². The Morgan fingerprint density at radius 2 is 2.05 bits per heavy atom. The molecule has 2 atom stereocenters. The lowest BCUT2D eigenvalue weighted by molar-refractivity contribution is -0.131. The lowest BCUT2D eigenvalue weighted by Crippen LogP contribution is -2.18. The molecule has 0 radical (unpaired) electrons. The highest BCUT2D eigenvalue weighted by atomic mass is 16.5. The van der Waals surface area contributed by atoms with Gasteiger partial charge in [-0.15, -0.1) is 0 Å². The summed E-state index contributed by atoms with van der Waals surface area (Å²) in [6.07, 6.45) is 3.68. The molecule has 0 amide bonds. The average Bonchev–Trinajstić information content (AvgIpc) is 2.79. The molecule has 22 heavy (non-hydrogen) atoms. The standard InChI is InChI=1S/C18H22O4/c1-9-6-10(2)14-13(7-9)16(20-5)18-15(11(3)8-21-18)17(14)22-12(4)19/h8-10H,6-7H2,1-5H3. The Labute approximate surface area is 130 Å². The molecule has 4 nitrogen and oxygen atoms in total. The predicted molar refractivity (Wildman–Crippen MR) is 84.7 cm³/mol. The molecular formula is C18H22O4. The van der Waals surface area contributed by atoms with Crippen molar-refractivity contribution in [3.05, 3.63) is 23.0 Å². The summed E-state index contributed by atoms with van der Waals surface area (Å²) in [6.45, 7) is 7.82. The Balaban J connectivity index is 2.41. The third-order valence-corrected chi connectivity index (χ3v) is 4.50. The topological polar surface area (TPSA) is 48.7 Å². The monoisotopic (exact) mass is 302 g/mol. The van der Waals surface area contributed by atoms with Crippen molar-refractivity contribution in [1.82, 2.24) is 0 Å². The highest BCUT2D eigenvalue weighted by molar-refractivity contribution is 5.96. The molecule has 1 aliphatic rings. The summed E-state index contributed by atoms with van der Waals surface area (Å²) in [5, 5.41) is 0.854. The molecule has 4 heteroatoms. The summed E-state index contributed by atoms with van der Waals surface area (Å²) >= 11 is 0. The van der Waals surface area contributed by atoms with Crippen LogP contribution in [0.25, 0.3) is 11.0 Å². The summed E-state index contributed by atoms with van der Waals surface area (Å²) in [5.74, 6) is 2.02. The fourth-order valence-electron chi connectivity index (χ4n) is 3.77. The van der Waals surface area contributed by atoms with Gasteiger partial charge in [0, 0.05) is 18.1 Å². The Hall–Kier alpha value is -1.97. The first-order chi connectivity index (χ1) is 10.4. The maximum atomic E-state index is 11.6. The number of methoxy groups -OCH3 is 1. The van der Waals surface area contributed by atoms with Crippen molar-refractivity contribution in [1.29, 1.82) is 0 Å². The minimum atomic E-state index is -0.305. The maximum Gasteiger partial charge on any atom is 0.308 e. The normalized spacial score (nSPS) is 20.8. The van der Waals surface area contributed by atoms with E-state index < -0.39 is 0 Å². The molecule has 0 saturated heterocycles. The smallest absolute Gasteiger partial charge is 0.308 e.